The van der Waals surface area contributed by atoms with Crippen LogP contribution in [-0.2, 0) is 4.74 Å². The molecular weight excluding hydrogens is 402 g/mol. The number of rotatable bonds is 4. The lowest BCUT2D eigenvalue weighted by molar-refractivity contribution is -0.384. The molecular formula is C17H15N5O4S2. The third-order valence-electron chi connectivity index (χ3n) is 4.31. The molecule has 28 heavy (non-hydrogen) atoms. The van der Waals surface area contributed by atoms with Gasteiger partial charge in [-0.1, -0.05) is 23.5 Å². The van der Waals surface area contributed by atoms with Crippen LogP contribution in [0.25, 0.3) is 6.08 Å². The predicted octanol–water partition coefficient (Wildman–Crippen LogP) is 2.73. The molecule has 0 radical (unpaired) electrons. The van der Waals surface area contributed by atoms with Crippen molar-refractivity contribution in [2.45, 2.75) is 0 Å². The molecule has 2 aliphatic rings. The van der Waals surface area contributed by atoms with E-state index in [1.54, 1.807) is 29.1 Å². The van der Waals surface area contributed by atoms with Crippen LogP contribution in [-0.4, -0.2) is 52.9 Å². The number of morpholine rings is 1. The molecule has 3 heterocycles. The zero-order valence-corrected chi connectivity index (χ0v) is 16.2. The average Bonchev–Trinajstić information content (AvgIpc) is 3.27. The van der Waals surface area contributed by atoms with Gasteiger partial charge in [-0.15, -0.1) is 5.10 Å². The van der Waals surface area contributed by atoms with E-state index in [9.17, 15) is 15.2 Å². The van der Waals surface area contributed by atoms with Crippen molar-refractivity contribution in [2.75, 3.05) is 31.3 Å². The van der Waals surface area contributed by atoms with Crippen LogP contribution in [0.15, 0.2) is 40.0 Å². The van der Waals surface area contributed by atoms with Crippen LogP contribution in [0.4, 0.5) is 5.69 Å². The van der Waals surface area contributed by atoms with E-state index in [1.807, 2.05) is 5.01 Å². The van der Waals surface area contributed by atoms with Gasteiger partial charge in [0.1, 0.15) is 5.71 Å². The fourth-order valence-corrected chi connectivity index (χ4v) is 4.29. The van der Waals surface area contributed by atoms with Gasteiger partial charge in [-0.05, 0) is 18.3 Å². The van der Waals surface area contributed by atoms with E-state index in [1.165, 1.54) is 23.5 Å². The molecule has 144 valence electrons. The van der Waals surface area contributed by atoms with Crippen molar-refractivity contribution in [3.63, 3.8) is 0 Å². The molecule has 0 aliphatic carbocycles. The minimum absolute atomic E-state index is 0.0246. The lowest BCUT2D eigenvalue weighted by atomic mass is 10.0. The molecule has 1 saturated heterocycles. The van der Waals surface area contributed by atoms with Gasteiger partial charge >= 0.3 is 0 Å². The SMILES string of the molecule is O=[N+]([O-])c1cccc(C2=NN=CC2=Cc2sc(=S)n(N3CCOCC3)c2O)c1. The highest BCUT2D eigenvalue weighted by molar-refractivity contribution is 7.73. The van der Waals surface area contributed by atoms with Crippen molar-refractivity contribution in [2.24, 2.45) is 10.2 Å². The molecule has 4 rings (SSSR count). The van der Waals surface area contributed by atoms with E-state index in [0.717, 1.165) is 0 Å². The van der Waals surface area contributed by atoms with E-state index in [0.29, 0.717) is 52.0 Å². The number of nitro benzene ring substituents is 1. The maximum Gasteiger partial charge on any atom is 0.270 e. The summed E-state index contributed by atoms with van der Waals surface area (Å²) in [4.78, 5) is 11.1. The Morgan fingerprint density at radius 1 is 1.36 bits per heavy atom. The predicted molar refractivity (Wildman–Crippen MR) is 110 cm³/mol. The Balaban J connectivity index is 1.68. The zero-order chi connectivity index (χ0) is 19.7. The highest BCUT2D eigenvalue weighted by atomic mass is 32.1. The maximum absolute atomic E-state index is 11.0. The summed E-state index contributed by atoms with van der Waals surface area (Å²) in [7, 11) is 0. The molecule has 1 fully saturated rings. The molecule has 9 nitrogen and oxygen atoms in total. The van der Waals surface area contributed by atoms with Crippen LogP contribution in [0.2, 0.25) is 0 Å². The normalized spacial score (nSPS) is 17.9. The fraction of sp³-hybridized carbons (Fsp3) is 0.235. The Hall–Kier alpha value is -2.89. The van der Waals surface area contributed by atoms with Gasteiger partial charge in [0.15, 0.2) is 3.95 Å². The van der Waals surface area contributed by atoms with Crippen LogP contribution in [0.5, 0.6) is 5.88 Å². The van der Waals surface area contributed by atoms with Crippen LogP contribution in [0.1, 0.15) is 10.4 Å². The third-order valence-corrected chi connectivity index (χ3v) is 5.60. The number of ether oxygens (including phenoxy) is 1. The second-order valence-electron chi connectivity index (χ2n) is 6.03. The molecule has 1 N–H and O–H groups in total. The summed E-state index contributed by atoms with van der Waals surface area (Å²) in [6.07, 6.45) is 3.29. The van der Waals surface area contributed by atoms with Crippen molar-refractivity contribution in [1.82, 2.24) is 4.68 Å². The average molecular weight is 417 g/mol. The monoisotopic (exact) mass is 417 g/mol. The molecule has 0 saturated carbocycles. The maximum atomic E-state index is 11.0. The van der Waals surface area contributed by atoms with Crippen molar-refractivity contribution < 1.29 is 14.8 Å². The zero-order valence-electron chi connectivity index (χ0n) is 14.5. The van der Waals surface area contributed by atoms with Crippen molar-refractivity contribution in [1.29, 1.82) is 0 Å². The van der Waals surface area contributed by atoms with E-state index in [-0.39, 0.29) is 11.6 Å². The first-order chi connectivity index (χ1) is 13.5. The van der Waals surface area contributed by atoms with Gasteiger partial charge in [0.2, 0.25) is 5.88 Å². The quantitative estimate of drug-likeness (QED) is 0.466. The number of aromatic hydroxyl groups is 1. The van der Waals surface area contributed by atoms with Crippen molar-refractivity contribution >= 4 is 47.2 Å². The van der Waals surface area contributed by atoms with Crippen LogP contribution >= 0.6 is 23.6 Å². The Bertz CT molecular complexity index is 1080. The summed E-state index contributed by atoms with van der Waals surface area (Å²) in [6, 6.07) is 6.20. The summed E-state index contributed by atoms with van der Waals surface area (Å²) in [6.45, 7) is 2.42. The van der Waals surface area contributed by atoms with Gasteiger partial charge in [0.05, 0.1) is 42.3 Å². The van der Waals surface area contributed by atoms with E-state index in [4.69, 9.17) is 17.0 Å². The molecule has 0 bridgehead atoms. The number of nitrogens with zero attached hydrogens (tertiary/aromatic N) is 5. The Labute approximate surface area is 168 Å². The summed E-state index contributed by atoms with van der Waals surface area (Å²) >= 11 is 6.69. The molecule has 11 heteroatoms. The second kappa shape index (κ2) is 7.62. The fourth-order valence-electron chi connectivity index (χ4n) is 2.98. The molecule has 0 atom stereocenters. The van der Waals surface area contributed by atoms with Gasteiger partial charge in [0.25, 0.3) is 5.69 Å². The highest BCUT2D eigenvalue weighted by Crippen LogP contribution is 2.30. The van der Waals surface area contributed by atoms with Gasteiger partial charge in [-0.3, -0.25) is 10.1 Å². The summed E-state index contributed by atoms with van der Waals surface area (Å²) < 4.78 is 7.48. The molecule has 2 aromatic rings. The Kier molecular flexibility index (Phi) is 5.03. The summed E-state index contributed by atoms with van der Waals surface area (Å²) in [5.41, 5.74) is 1.69. The summed E-state index contributed by atoms with van der Waals surface area (Å²) in [5, 5.41) is 31.7. The van der Waals surface area contributed by atoms with Crippen LogP contribution < -0.4 is 5.01 Å². The molecule has 0 unspecified atom stereocenters. The number of hydrogen-bond donors (Lipinski definition) is 1. The topological polar surface area (TPSA) is 105 Å². The second-order valence-corrected chi connectivity index (χ2v) is 7.71. The number of nitro groups is 1. The first-order valence-corrected chi connectivity index (χ1v) is 9.63. The molecule has 1 aromatic carbocycles. The van der Waals surface area contributed by atoms with Crippen LogP contribution in [0.3, 0.4) is 0 Å². The van der Waals surface area contributed by atoms with Gasteiger partial charge < -0.3 is 14.9 Å². The van der Waals surface area contributed by atoms with Crippen molar-refractivity contribution in [3.8, 4) is 5.88 Å². The van der Waals surface area contributed by atoms with Gasteiger partial charge in [-0.2, -0.15) is 5.10 Å². The summed E-state index contributed by atoms with van der Waals surface area (Å²) in [5.74, 6) is 0.0445. The number of thiazole rings is 1. The number of non-ortho nitro benzene ring substituents is 1. The number of allylic oxidation sites excluding steroid dienone is 1. The minimum Gasteiger partial charge on any atom is -0.492 e. The Morgan fingerprint density at radius 3 is 2.89 bits per heavy atom. The number of benzene rings is 1. The minimum atomic E-state index is -0.455. The molecule has 1 aromatic heterocycles. The standard InChI is InChI=1S/C17H15N5O4S2/c23-16-14(28-17(27)21(16)20-4-6-26-7-5-20)9-12-10-18-19-15(12)11-2-1-3-13(8-11)22(24)25/h1-3,8-10,23H,4-7H2. The lowest BCUT2D eigenvalue weighted by Gasteiger charge is -2.29. The first-order valence-electron chi connectivity index (χ1n) is 8.40. The van der Waals surface area contributed by atoms with Crippen molar-refractivity contribution in [3.05, 3.63) is 54.3 Å². The van der Waals surface area contributed by atoms with Gasteiger partial charge in [-0.25, -0.2) is 4.68 Å². The Morgan fingerprint density at radius 2 is 2.14 bits per heavy atom. The van der Waals surface area contributed by atoms with E-state index in [2.05, 4.69) is 10.2 Å². The number of hydrogen-bond acceptors (Lipinski definition) is 9. The molecule has 2 aliphatic heterocycles. The largest absolute Gasteiger partial charge is 0.492 e. The smallest absolute Gasteiger partial charge is 0.270 e. The van der Waals surface area contributed by atoms with E-state index >= 15 is 0 Å². The third kappa shape index (κ3) is 3.46. The molecule has 0 amide bonds. The van der Waals surface area contributed by atoms with Crippen LogP contribution in [0, 0.1) is 14.1 Å². The molecule has 0 spiro atoms. The van der Waals surface area contributed by atoms with Gasteiger partial charge in [0, 0.05) is 23.3 Å². The number of aromatic nitrogens is 1. The first kappa shape index (κ1) is 18.5. The lowest BCUT2D eigenvalue weighted by Crippen LogP contribution is -2.43. The van der Waals surface area contributed by atoms with E-state index < -0.39 is 4.92 Å². The highest BCUT2D eigenvalue weighted by Gasteiger charge is 2.21.